The van der Waals surface area contributed by atoms with Gasteiger partial charge in [-0.05, 0) is 48.1 Å². The Hall–Kier alpha value is -3.46. The highest BCUT2D eigenvalue weighted by atomic mass is 32.1. The SMILES string of the molecule is COc1ccc(C=CC(=O)NC(=S)Nc2ccc(OC)cc2[N+](=O)[O-])cc1. The number of nitro groups is 1. The lowest BCUT2D eigenvalue weighted by atomic mass is 10.2. The summed E-state index contributed by atoms with van der Waals surface area (Å²) in [5.74, 6) is 0.576. The Balaban J connectivity index is 1.99. The third-order valence-electron chi connectivity index (χ3n) is 3.43. The van der Waals surface area contributed by atoms with Crippen molar-refractivity contribution in [3.05, 3.63) is 64.2 Å². The zero-order valence-corrected chi connectivity index (χ0v) is 15.4. The zero-order valence-electron chi connectivity index (χ0n) is 14.6. The fourth-order valence-electron chi connectivity index (χ4n) is 2.09. The van der Waals surface area contributed by atoms with Crippen LogP contribution in [0.2, 0.25) is 0 Å². The van der Waals surface area contributed by atoms with Crippen molar-refractivity contribution in [1.29, 1.82) is 0 Å². The summed E-state index contributed by atoms with van der Waals surface area (Å²) in [4.78, 5) is 22.5. The third kappa shape index (κ3) is 5.79. The van der Waals surface area contributed by atoms with E-state index in [1.54, 1.807) is 43.5 Å². The molecule has 2 rings (SSSR count). The van der Waals surface area contributed by atoms with Crippen molar-refractivity contribution >= 4 is 40.7 Å². The minimum Gasteiger partial charge on any atom is -0.497 e. The summed E-state index contributed by atoms with van der Waals surface area (Å²) in [7, 11) is 2.98. The number of hydrogen-bond acceptors (Lipinski definition) is 6. The molecule has 0 radical (unpaired) electrons. The van der Waals surface area contributed by atoms with Crippen molar-refractivity contribution in [2.75, 3.05) is 19.5 Å². The number of carbonyl (C=O) groups is 1. The molecule has 0 atom stereocenters. The van der Waals surface area contributed by atoms with E-state index in [4.69, 9.17) is 21.7 Å². The summed E-state index contributed by atoms with van der Waals surface area (Å²) in [5.41, 5.74) is 0.723. The Morgan fingerprint density at radius 3 is 2.33 bits per heavy atom. The number of anilines is 1. The van der Waals surface area contributed by atoms with Crippen molar-refractivity contribution in [3.8, 4) is 11.5 Å². The number of hydrogen-bond donors (Lipinski definition) is 2. The Kier molecular flexibility index (Phi) is 6.84. The van der Waals surface area contributed by atoms with E-state index in [1.807, 2.05) is 0 Å². The second kappa shape index (κ2) is 9.30. The molecular weight excluding hydrogens is 370 g/mol. The van der Waals surface area contributed by atoms with E-state index >= 15 is 0 Å². The van der Waals surface area contributed by atoms with Gasteiger partial charge in [0.1, 0.15) is 17.2 Å². The molecule has 0 aliphatic rings. The maximum atomic E-state index is 12.0. The lowest BCUT2D eigenvalue weighted by molar-refractivity contribution is -0.384. The molecule has 9 heteroatoms. The lowest BCUT2D eigenvalue weighted by Gasteiger charge is -2.09. The molecule has 0 saturated heterocycles. The standard InChI is InChI=1S/C18H17N3O5S/c1-25-13-6-3-12(4-7-13)5-10-17(22)20-18(27)19-15-9-8-14(26-2)11-16(15)21(23)24/h3-11H,1-2H3,(H2,19,20,22,27). The first kappa shape index (κ1) is 19.9. The van der Waals surface area contributed by atoms with E-state index in [0.717, 1.165) is 5.56 Å². The number of nitro benzene ring substituents is 1. The molecule has 0 fully saturated rings. The van der Waals surface area contributed by atoms with Gasteiger partial charge < -0.3 is 14.8 Å². The van der Waals surface area contributed by atoms with Crippen LogP contribution < -0.4 is 20.1 Å². The van der Waals surface area contributed by atoms with Gasteiger partial charge in [0.25, 0.3) is 5.69 Å². The van der Waals surface area contributed by atoms with Crippen LogP contribution in [0.3, 0.4) is 0 Å². The van der Waals surface area contributed by atoms with Crippen LogP contribution >= 0.6 is 12.2 Å². The van der Waals surface area contributed by atoms with Gasteiger partial charge in [-0.15, -0.1) is 0 Å². The molecule has 0 unspecified atom stereocenters. The summed E-state index contributed by atoms with van der Waals surface area (Å²) in [6.07, 6.45) is 2.91. The first-order chi connectivity index (χ1) is 12.9. The third-order valence-corrected chi connectivity index (χ3v) is 3.63. The second-order valence-electron chi connectivity index (χ2n) is 5.19. The molecule has 0 bridgehead atoms. The molecule has 2 aromatic carbocycles. The highest BCUT2D eigenvalue weighted by Crippen LogP contribution is 2.28. The molecular formula is C18H17N3O5S. The Bertz CT molecular complexity index is 881. The largest absolute Gasteiger partial charge is 0.497 e. The van der Waals surface area contributed by atoms with Crippen molar-refractivity contribution < 1.29 is 19.2 Å². The average Bonchev–Trinajstić information content (AvgIpc) is 2.66. The van der Waals surface area contributed by atoms with Gasteiger partial charge >= 0.3 is 0 Å². The van der Waals surface area contributed by atoms with E-state index in [0.29, 0.717) is 11.5 Å². The highest BCUT2D eigenvalue weighted by Gasteiger charge is 2.16. The van der Waals surface area contributed by atoms with Gasteiger partial charge in [0, 0.05) is 6.08 Å². The molecule has 27 heavy (non-hydrogen) atoms. The monoisotopic (exact) mass is 387 g/mol. The van der Waals surface area contributed by atoms with Gasteiger partial charge in [0.15, 0.2) is 5.11 Å². The Labute approximate surface area is 160 Å². The van der Waals surface area contributed by atoms with Crippen LogP contribution in [0.1, 0.15) is 5.56 Å². The summed E-state index contributed by atoms with van der Waals surface area (Å²) >= 11 is 5.04. The summed E-state index contributed by atoms with van der Waals surface area (Å²) in [6.45, 7) is 0. The summed E-state index contributed by atoms with van der Waals surface area (Å²) < 4.78 is 10.0. The lowest BCUT2D eigenvalue weighted by Crippen LogP contribution is -2.33. The fourth-order valence-corrected chi connectivity index (χ4v) is 2.30. The van der Waals surface area contributed by atoms with Gasteiger partial charge in [0.05, 0.1) is 25.2 Å². The van der Waals surface area contributed by atoms with Crippen LogP contribution in [0.25, 0.3) is 6.08 Å². The van der Waals surface area contributed by atoms with Gasteiger partial charge in [-0.25, -0.2) is 0 Å². The van der Waals surface area contributed by atoms with Crippen LogP contribution in [-0.4, -0.2) is 30.2 Å². The second-order valence-corrected chi connectivity index (χ2v) is 5.60. The number of ether oxygens (including phenoxy) is 2. The molecule has 0 saturated carbocycles. The molecule has 140 valence electrons. The fraction of sp³-hybridized carbons (Fsp3) is 0.111. The maximum Gasteiger partial charge on any atom is 0.296 e. The van der Waals surface area contributed by atoms with Gasteiger partial charge in [-0.1, -0.05) is 12.1 Å². The molecule has 0 aliphatic carbocycles. The van der Waals surface area contributed by atoms with E-state index in [1.165, 1.54) is 25.3 Å². The number of rotatable bonds is 6. The van der Waals surface area contributed by atoms with Crippen LogP contribution in [0, 0.1) is 10.1 Å². The highest BCUT2D eigenvalue weighted by molar-refractivity contribution is 7.80. The van der Waals surface area contributed by atoms with E-state index in [-0.39, 0.29) is 16.5 Å². The quantitative estimate of drug-likeness (QED) is 0.340. The Morgan fingerprint density at radius 1 is 1.11 bits per heavy atom. The van der Waals surface area contributed by atoms with Crippen molar-refractivity contribution in [2.45, 2.75) is 0 Å². The van der Waals surface area contributed by atoms with E-state index < -0.39 is 10.8 Å². The normalized spacial score (nSPS) is 10.3. The molecule has 0 aromatic heterocycles. The van der Waals surface area contributed by atoms with Crippen LogP contribution in [0.4, 0.5) is 11.4 Å². The van der Waals surface area contributed by atoms with Gasteiger partial charge in [-0.3, -0.25) is 20.2 Å². The molecule has 0 spiro atoms. The number of thiocarbonyl (C=S) groups is 1. The predicted octanol–water partition coefficient (Wildman–Crippen LogP) is 3.14. The predicted molar refractivity (Wildman–Crippen MR) is 106 cm³/mol. The molecule has 2 N–H and O–H groups in total. The number of benzene rings is 2. The van der Waals surface area contributed by atoms with Crippen molar-refractivity contribution in [2.24, 2.45) is 0 Å². The first-order valence-electron chi connectivity index (χ1n) is 7.69. The minimum absolute atomic E-state index is 0.0624. The molecule has 0 heterocycles. The summed E-state index contributed by atoms with van der Waals surface area (Å²) in [6, 6.07) is 11.4. The molecule has 8 nitrogen and oxygen atoms in total. The number of nitrogens with zero attached hydrogens (tertiary/aromatic N) is 1. The van der Waals surface area contributed by atoms with Gasteiger partial charge in [-0.2, -0.15) is 0 Å². The van der Waals surface area contributed by atoms with E-state index in [9.17, 15) is 14.9 Å². The van der Waals surface area contributed by atoms with Crippen LogP contribution in [0.15, 0.2) is 48.5 Å². The molecule has 0 aliphatic heterocycles. The van der Waals surface area contributed by atoms with Crippen LogP contribution in [-0.2, 0) is 4.79 Å². The Morgan fingerprint density at radius 2 is 1.74 bits per heavy atom. The average molecular weight is 387 g/mol. The number of amides is 1. The first-order valence-corrected chi connectivity index (χ1v) is 8.10. The minimum atomic E-state index is -0.571. The number of methoxy groups -OCH3 is 2. The molecule has 2 aromatic rings. The number of carbonyl (C=O) groups excluding carboxylic acids is 1. The molecule has 1 amide bonds. The van der Waals surface area contributed by atoms with Crippen molar-refractivity contribution in [1.82, 2.24) is 5.32 Å². The zero-order chi connectivity index (χ0) is 19.8. The maximum absolute atomic E-state index is 12.0. The smallest absolute Gasteiger partial charge is 0.296 e. The van der Waals surface area contributed by atoms with Crippen molar-refractivity contribution in [3.63, 3.8) is 0 Å². The van der Waals surface area contributed by atoms with E-state index in [2.05, 4.69) is 10.6 Å². The number of nitrogens with one attached hydrogen (secondary N) is 2. The van der Waals surface area contributed by atoms with Gasteiger partial charge in [0.2, 0.25) is 5.91 Å². The van der Waals surface area contributed by atoms with Crippen LogP contribution in [0.5, 0.6) is 11.5 Å². The topological polar surface area (TPSA) is 103 Å². The summed E-state index contributed by atoms with van der Waals surface area (Å²) in [5, 5.41) is 16.2.